The van der Waals surface area contributed by atoms with E-state index in [4.69, 9.17) is 4.74 Å². The first-order valence-electron chi connectivity index (χ1n) is 9.39. The molecule has 0 fully saturated rings. The highest BCUT2D eigenvalue weighted by atomic mass is 32.1. The number of aromatic nitrogens is 3. The fourth-order valence-electron chi connectivity index (χ4n) is 3.14. The average Bonchev–Trinajstić information content (AvgIpc) is 3.08. The Labute approximate surface area is 176 Å². The second-order valence-electron chi connectivity index (χ2n) is 7.07. The van der Waals surface area contributed by atoms with E-state index in [2.05, 4.69) is 22.8 Å². The number of rotatable bonds is 6. The van der Waals surface area contributed by atoms with Crippen LogP contribution in [0.3, 0.4) is 0 Å². The average molecular weight is 415 g/mol. The van der Waals surface area contributed by atoms with Crippen LogP contribution in [0.15, 0.2) is 35.5 Å². The monoisotopic (exact) mass is 414 g/mol. The van der Waals surface area contributed by atoms with Crippen molar-refractivity contribution in [3.05, 3.63) is 35.9 Å². The van der Waals surface area contributed by atoms with Crippen LogP contribution in [-0.4, -0.2) is 45.2 Å². The Balaban J connectivity index is 2.22. The van der Waals surface area contributed by atoms with Crippen molar-refractivity contribution in [3.8, 4) is 34.3 Å². The molecule has 0 spiro atoms. The number of phenols is 2. The van der Waals surface area contributed by atoms with Crippen molar-refractivity contribution >= 4 is 18.3 Å². The van der Waals surface area contributed by atoms with Crippen LogP contribution in [0.1, 0.15) is 26.3 Å². The van der Waals surface area contributed by atoms with Crippen LogP contribution < -0.4 is 9.64 Å². The zero-order chi connectivity index (χ0) is 21.3. The first-order chi connectivity index (χ1) is 13.8. The lowest BCUT2D eigenvalue weighted by Crippen LogP contribution is -2.25. The van der Waals surface area contributed by atoms with Gasteiger partial charge in [0.2, 0.25) is 0 Å². The SMILES string of the molecule is CCc1cc(-c2nnc(S)n2-c2ccc(O)c(N(C)C(C)C)c2)c(OC)cc1O. The number of hydrogen-bond donors (Lipinski definition) is 3. The number of anilines is 1. The Morgan fingerprint density at radius 1 is 1.14 bits per heavy atom. The van der Waals surface area contributed by atoms with Crippen LogP contribution in [0.5, 0.6) is 17.2 Å². The van der Waals surface area contributed by atoms with Crippen molar-refractivity contribution in [2.75, 3.05) is 19.1 Å². The largest absolute Gasteiger partial charge is 0.508 e. The third kappa shape index (κ3) is 3.85. The minimum absolute atomic E-state index is 0.177. The van der Waals surface area contributed by atoms with E-state index in [0.717, 1.165) is 11.3 Å². The number of thiol groups is 1. The number of nitrogens with zero attached hydrogens (tertiary/aromatic N) is 4. The van der Waals surface area contributed by atoms with Gasteiger partial charge in [0.25, 0.3) is 0 Å². The summed E-state index contributed by atoms with van der Waals surface area (Å²) in [6.07, 6.45) is 0.660. The molecule has 154 valence electrons. The Morgan fingerprint density at radius 2 is 1.86 bits per heavy atom. The Bertz CT molecular complexity index is 1030. The summed E-state index contributed by atoms with van der Waals surface area (Å²) in [6.45, 7) is 6.07. The fraction of sp³-hybridized carbons (Fsp3) is 0.333. The van der Waals surface area contributed by atoms with E-state index in [1.807, 2.05) is 44.9 Å². The van der Waals surface area contributed by atoms with Gasteiger partial charge in [-0.3, -0.25) is 4.57 Å². The molecule has 2 N–H and O–H groups in total. The molecular formula is C21H26N4O3S. The van der Waals surface area contributed by atoms with E-state index in [1.54, 1.807) is 29.9 Å². The predicted molar refractivity (Wildman–Crippen MR) is 117 cm³/mol. The summed E-state index contributed by atoms with van der Waals surface area (Å²) < 4.78 is 7.26. The van der Waals surface area contributed by atoms with Crippen molar-refractivity contribution in [1.82, 2.24) is 14.8 Å². The van der Waals surface area contributed by atoms with Gasteiger partial charge in [0.15, 0.2) is 11.0 Å². The number of hydrogen-bond acceptors (Lipinski definition) is 7. The van der Waals surface area contributed by atoms with E-state index in [9.17, 15) is 10.2 Å². The molecule has 0 radical (unpaired) electrons. The minimum atomic E-state index is 0.177. The van der Waals surface area contributed by atoms with Gasteiger partial charge >= 0.3 is 0 Å². The maximum atomic E-state index is 10.3. The second kappa shape index (κ2) is 8.24. The highest BCUT2D eigenvalue weighted by Crippen LogP contribution is 2.38. The van der Waals surface area contributed by atoms with E-state index < -0.39 is 0 Å². The van der Waals surface area contributed by atoms with Crippen LogP contribution >= 0.6 is 12.6 Å². The van der Waals surface area contributed by atoms with Gasteiger partial charge in [-0.1, -0.05) is 6.92 Å². The molecule has 3 rings (SSSR count). The number of aryl methyl sites for hydroxylation is 1. The Morgan fingerprint density at radius 3 is 2.48 bits per heavy atom. The number of benzene rings is 2. The van der Waals surface area contributed by atoms with E-state index in [1.165, 1.54) is 0 Å². The number of aromatic hydroxyl groups is 2. The summed E-state index contributed by atoms with van der Waals surface area (Å²) in [5.41, 5.74) is 2.92. The lowest BCUT2D eigenvalue weighted by Gasteiger charge is -2.25. The summed E-state index contributed by atoms with van der Waals surface area (Å²) in [5.74, 6) is 1.39. The Kier molecular flexibility index (Phi) is 5.93. The molecule has 0 aliphatic rings. The third-order valence-corrected chi connectivity index (χ3v) is 5.33. The molecule has 0 amide bonds. The predicted octanol–water partition coefficient (Wildman–Crippen LogP) is 4.05. The van der Waals surface area contributed by atoms with Crippen molar-refractivity contribution < 1.29 is 14.9 Å². The quantitative estimate of drug-likeness (QED) is 0.528. The molecule has 1 aromatic heterocycles. The fourth-order valence-corrected chi connectivity index (χ4v) is 3.40. The topological polar surface area (TPSA) is 83.6 Å². The zero-order valence-electron chi connectivity index (χ0n) is 17.2. The molecular weight excluding hydrogens is 388 g/mol. The van der Waals surface area contributed by atoms with Crippen LogP contribution in [0.2, 0.25) is 0 Å². The first kappa shape index (κ1) is 20.9. The van der Waals surface area contributed by atoms with Crippen molar-refractivity contribution in [1.29, 1.82) is 0 Å². The number of ether oxygens (including phenoxy) is 1. The summed E-state index contributed by atoms with van der Waals surface area (Å²) in [6, 6.07) is 8.94. The lowest BCUT2D eigenvalue weighted by atomic mass is 10.1. The normalized spacial score (nSPS) is 11.1. The molecule has 0 aliphatic heterocycles. The van der Waals surface area contributed by atoms with Crippen LogP contribution in [0, 0.1) is 0 Å². The molecule has 0 unspecified atom stereocenters. The maximum Gasteiger partial charge on any atom is 0.193 e. The van der Waals surface area contributed by atoms with Gasteiger partial charge in [0.05, 0.1) is 24.0 Å². The van der Waals surface area contributed by atoms with Gasteiger partial charge in [0, 0.05) is 19.2 Å². The molecule has 0 aliphatic carbocycles. The Hall–Kier alpha value is -2.87. The van der Waals surface area contributed by atoms with Crippen LogP contribution in [0.25, 0.3) is 17.1 Å². The van der Waals surface area contributed by atoms with Crippen LogP contribution in [-0.2, 0) is 6.42 Å². The van der Waals surface area contributed by atoms with Gasteiger partial charge < -0.3 is 19.8 Å². The molecule has 0 bridgehead atoms. The second-order valence-corrected chi connectivity index (χ2v) is 7.47. The smallest absolute Gasteiger partial charge is 0.193 e. The summed E-state index contributed by atoms with van der Waals surface area (Å²) in [7, 11) is 3.47. The standard InChI is InChI=1S/C21H26N4O3S/c1-6-13-9-15(19(28-5)11-18(13)27)20-22-23-21(29)25(20)14-7-8-17(26)16(10-14)24(4)12(2)3/h7-12,26-27H,6H2,1-5H3,(H,23,29). The number of phenolic OH excluding ortho intramolecular Hbond substituents is 2. The van der Waals surface area contributed by atoms with Crippen LogP contribution in [0.4, 0.5) is 5.69 Å². The molecule has 3 aromatic rings. The lowest BCUT2D eigenvalue weighted by molar-refractivity contribution is 0.407. The summed E-state index contributed by atoms with van der Waals surface area (Å²) in [4.78, 5) is 1.98. The van der Waals surface area contributed by atoms with Crippen molar-refractivity contribution in [3.63, 3.8) is 0 Å². The molecule has 2 aromatic carbocycles. The van der Waals surface area contributed by atoms with Crippen molar-refractivity contribution in [2.45, 2.75) is 38.4 Å². The third-order valence-electron chi connectivity index (χ3n) is 5.04. The highest BCUT2D eigenvalue weighted by Gasteiger charge is 2.21. The van der Waals surface area contributed by atoms with E-state index in [0.29, 0.717) is 34.4 Å². The van der Waals surface area contributed by atoms with E-state index in [-0.39, 0.29) is 17.5 Å². The first-order valence-corrected chi connectivity index (χ1v) is 9.84. The molecule has 1 heterocycles. The van der Waals surface area contributed by atoms with Gasteiger partial charge in [-0.2, -0.15) is 0 Å². The minimum Gasteiger partial charge on any atom is -0.508 e. The maximum absolute atomic E-state index is 10.3. The molecule has 0 saturated carbocycles. The van der Waals surface area contributed by atoms with Gasteiger partial charge in [0.1, 0.15) is 17.2 Å². The summed E-state index contributed by atoms with van der Waals surface area (Å²) >= 11 is 4.49. The number of methoxy groups -OCH3 is 1. The molecule has 7 nitrogen and oxygen atoms in total. The molecule has 29 heavy (non-hydrogen) atoms. The molecule has 0 saturated heterocycles. The van der Waals surface area contributed by atoms with Gasteiger partial charge in [-0.25, -0.2) is 0 Å². The summed E-state index contributed by atoms with van der Waals surface area (Å²) in [5, 5.41) is 29.4. The van der Waals surface area contributed by atoms with E-state index >= 15 is 0 Å². The molecule has 8 heteroatoms. The molecule has 0 atom stereocenters. The zero-order valence-corrected chi connectivity index (χ0v) is 18.1. The highest BCUT2D eigenvalue weighted by molar-refractivity contribution is 7.80. The van der Waals surface area contributed by atoms with Gasteiger partial charge in [-0.05, 0) is 50.1 Å². The van der Waals surface area contributed by atoms with Crippen molar-refractivity contribution in [2.24, 2.45) is 0 Å². The van der Waals surface area contributed by atoms with Gasteiger partial charge in [-0.15, -0.1) is 22.8 Å².